The minimum Gasteiger partial charge on any atom is -0.495 e. The summed E-state index contributed by atoms with van der Waals surface area (Å²) in [5.74, 6) is 0.994. The lowest BCUT2D eigenvalue weighted by Crippen LogP contribution is -2.23. The second-order valence-electron chi connectivity index (χ2n) is 4.48. The van der Waals surface area contributed by atoms with Gasteiger partial charge in [0.2, 0.25) is 0 Å². The van der Waals surface area contributed by atoms with Crippen molar-refractivity contribution in [3.05, 3.63) is 59.1 Å². The van der Waals surface area contributed by atoms with Crippen LogP contribution in [-0.2, 0) is 6.42 Å². The number of nitrogens with one attached hydrogen (secondary N) is 1. The van der Waals surface area contributed by atoms with Crippen LogP contribution in [0.15, 0.2) is 53.5 Å². The molecule has 0 amide bonds. The Morgan fingerprint density at radius 1 is 1.24 bits per heavy atom. The van der Waals surface area contributed by atoms with E-state index >= 15 is 0 Å². The van der Waals surface area contributed by atoms with Gasteiger partial charge in [-0.3, -0.25) is 4.99 Å². The molecule has 0 spiro atoms. The number of methoxy groups -OCH3 is 1. The molecule has 0 aliphatic rings. The Balaban J connectivity index is 1.90. The van der Waals surface area contributed by atoms with E-state index in [4.69, 9.17) is 22.1 Å². The molecule has 3 N–H and O–H groups in total. The normalized spacial score (nSPS) is 11.2. The number of hydrogen-bond donors (Lipinski definition) is 2. The van der Waals surface area contributed by atoms with Crippen LogP contribution in [0.5, 0.6) is 5.75 Å². The molecular weight excluding hydrogens is 286 g/mol. The minimum absolute atomic E-state index is 0.368. The van der Waals surface area contributed by atoms with Crippen molar-refractivity contribution < 1.29 is 4.74 Å². The molecule has 0 heterocycles. The summed E-state index contributed by atoms with van der Waals surface area (Å²) in [6.07, 6.45) is 0.854. The summed E-state index contributed by atoms with van der Waals surface area (Å²) in [4.78, 5) is 4.30. The maximum atomic E-state index is 6.05. The summed E-state index contributed by atoms with van der Waals surface area (Å²) in [6.45, 7) is 0.632. The Morgan fingerprint density at radius 2 is 2.00 bits per heavy atom. The average molecular weight is 304 g/mol. The van der Waals surface area contributed by atoms with E-state index in [0.29, 0.717) is 23.3 Å². The van der Waals surface area contributed by atoms with Crippen molar-refractivity contribution >= 4 is 23.2 Å². The molecule has 0 atom stereocenters. The number of halogens is 1. The molecule has 4 nitrogen and oxygen atoms in total. The Bertz CT molecular complexity index is 614. The third-order valence-corrected chi connectivity index (χ3v) is 3.25. The van der Waals surface area contributed by atoms with Crippen LogP contribution in [0.3, 0.4) is 0 Å². The van der Waals surface area contributed by atoms with Crippen LogP contribution < -0.4 is 15.8 Å². The largest absolute Gasteiger partial charge is 0.495 e. The van der Waals surface area contributed by atoms with E-state index in [1.54, 1.807) is 19.2 Å². The zero-order valence-corrected chi connectivity index (χ0v) is 12.6. The molecule has 21 heavy (non-hydrogen) atoms. The number of hydrogen-bond acceptors (Lipinski definition) is 2. The van der Waals surface area contributed by atoms with Gasteiger partial charge in [0.25, 0.3) is 0 Å². The predicted molar refractivity (Wildman–Crippen MR) is 88.3 cm³/mol. The molecule has 2 aromatic rings. The van der Waals surface area contributed by atoms with Crippen molar-refractivity contribution in [2.24, 2.45) is 10.7 Å². The highest BCUT2D eigenvalue weighted by molar-refractivity contribution is 6.32. The molecule has 0 fully saturated rings. The lowest BCUT2D eigenvalue weighted by atomic mass is 10.2. The number of anilines is 1. The van der Waals surface area contributed by atoms with Gasteiger partial charge >= 0.3 is 0 Å². The standard InChI is InChI=1S/C16H18ClN3O/c1-21-15-8-7-13(11-14(15)17)20-16(18)19-10-9-12-5-3-2-4-6-12/h2-8,11H,9-10H2,1H3,(H3,18,19,20). The lowest BCUT2D eigenvalue weighted by Gasteiger charge is -2.08. The fourth-order valence-electron chi connectivity index (χ4n) is 1.88. The summed E-state index contributed by atoms with van der Waals surface area (Å²) < 4.78 is 5.10. The van der Waals surface area contributed by atoms with Crippen molar-refractivity contribution in [1.29, 1.82) is 0 Å². The highest BCUT2D eigenvalue weighted by Crippen LogP contribution is 2.26. The van der Waals surface area contributed by atoms with Gasteiger partial charge in [-0.25, -0.2) is 0 Å². The zero-order valence-electron chi connectivity index (χ0n) is 11.8. The van der Waals surface area contributed by atoms with E-state index in [1.807, 2.05) is 24.3 Å². The van der Waals surface area contributed by atoms with E-state index < -0.39 is 0 Å². The van der Waals surface area contributed by atoms with Gasteiger partial charge in [0.05, 0.1) is 12.1 Å². The van der Waals surface area contributed by atoms with Crippen molar-refractivity contribution in [3.8, 4) is 5.75 Å². The second-order valence-corrected chi connectivity index (χ2v) is 4.88. The molecule has 0 radical (unpaired) electrons. The van der Waals surface area contributed by atoms with Crippen LogP contribution in [0.2, 0.25) is 5.02 Å². The highest BCUT2D eigenvalue weighted by atomic mass is 35.5. The molecule has 0 aliphatic heterocycles. The van der Waals surface area contributed by atoms with Crippen molar-refractivity contribution in [2.75, 3.05) is 19.0 Å². The molecule has 5 heteroatoms. The topological polar surface area (TPSA) is 59.6 Å². The third kappa shape index (κ3) is 4.68. The maximum absolute atomic E-state index is 6.05. The monoisotopic (exact) mass is 303 g/mol. The molecule has 110 valence electrons. The van der Waals surface area contributed by atoms with Crippen molar-refractivity contribution in [3.63, 3.8) is 0 Å². The number of rotatable bonds is 5. The van der Waals surface area contributed by atoms with Crippen molar-refractivity contribution in [2.45, 2.75) is 6.42 Å². The van der Waals surface area contributed by atoms with Crippen LogP contribution in [0.1, 0.15) is 5.56 Å². The van der Waals surface area contributed by atoms with Gasteiger partial charge in [-0.1, -0.05) is 41.9 Å². The number of guanidine groups is 1. The van der Waals surface area contributed by atoms with Gasteiger partial charge in [0.1, 0.15) is 5.75 Å². The molecule has 2 rings (SSSR count). The van der Waals surface area contributed by atoms with Crippen LogP contribution in [0.25, 0.3) is 0 Å². The van der Waals surface area contributed by atoms with Gasteiger partial charge in [-0.05, 0) is 30.2 Å². The summed E-state index contributed by atoms with van der Waals surface area (Å²) in [6, 6.07) is 15.5. The first-order valence-electron chi connectivity index (χ1n) is 6.63. The fraction of sp³-hybridized carbons (Fsp3) is 0.188. The Labute approximate surface area is 129 Å². The van der Waals surface area contributed by atoms with Gasteiger partial charge in [-0.2, -0.15) is 0 Å². The van der Waals surface area contributed by atoms with E-state index in [0.717, 1.165) is 12.1 Å². The molecule has 2 aromatic carbocycles. The summed E-state index contributed by atoms with van der Waals surface area (Å²) in [5, 5.41) is 3.54. The van der Waals surface area contributed by atoms with E-state index in [9.17, 15) is 0 Å². The van der Waals surface area contributed by atoms with E-state index in [2.05, 4.69) is 22.4 Å². The number of benzene rings is 2. The average Bonchev–Trinajstić information content (AvgIpc) is 2.48. The summed E-state index contributed by atoms with van der Waals surface area (Å²) in [5.41, 5.74) is 7.87. The molecule has 0 saturated heterocycles. The lowest BCUT2D eigenvalue weighted by molar-refractivity contribution is 0.415. The Morgan fingerprint density at radius 3 is 2.67 bits per heavy atom. The van der Waals surface area contributed by atoms with Crippen molar-refractivity contribution in [1.82, 2.24) is 0 Å². The SMILES string of the molecule is COc1ccc(NC(N)=NCCc2ccccc2)cc1Cl. The fourth-order valence-corrected chi connectivity index (χ4v) is 2.14. The first-order valence-corrected chi connectivity index (χ1v) is 7.01. The molecule has 0 aromatic heterocycles. The van der Waals surface area contributed by atoms with E-state index in [-0.39, 0.29) is 0 Å². The highest BCUT2D eigenvalue weighted by Gasteiger charge is 2.02. The second kappa shape index (κ2) is 7.55. The minimum atomic E-state index is 0.368. The van der Waals surface area contributed by atoms with Gasteiger partial charge in [-0.15, -0.1) is 0 Å². The summed E-state index contributed by atoms with van der Waals surface area (Å²) >= 11 is 6.05. The summed E-state index contributed by atoms with van der Waals surface area (Å²) in [7, 11) is 1.58. The van der Waals surface area contributed by atoms with E-state index in [1.165, 1.54) is 5.56 Å². The molecule has 0 saturated carbocycles. The van der Waals surface area contributed by atoms with Crippen LogP contribution in [0.4, 0.5) is 5.69 Å². The number of nitrogens with two attached hydrogens (primary N) is 1. The molecular formula is C16H18ClN3O. The van der Waals surface area contributed by atoms with Gasteiger partial charge < -0.3 is 15.8 Å². The first kappa shape index (κ1) is 15.2. The number of aliphatic imine (C=N–C) groups is 1. The Kier molecular flexibility index (Phi) is 5.46. The Hall–Kier alpha value is -2.20. The van der Waals surface area contributed by atoms with Crippen LogP contribution >= 0.6 is 11.6 Å². The smallest absolute Gasteiger partial charge is 0.193 e. The van der Waals surface area contributed by atoms with Crippen LogP contribution in [-0.4, -0.2) is 19.6 Å². The number of nitrogens with zero attached hydrogens (tertiary/aromatic N) is 1. The molecule has 0 unspecified atom stereocenters. The zero-order chi connectivity index (χ0) is 15.1. The van der Waals surface area contributed by atoms with Gasteiger partial charge in [0, 0.05) is 12.2 Å². The molecule has 0 aliphatic carbocycles. The predicted octanol–water partition coefficient (Wildman–Crippen LogP) is 3.32. The quantitative estimate of drug-likeness (QED) is 0.658. The first-order chi connectivity index (χ1) is 10.2. The maximum Gasteiger partial charge on any atom is 0.193 e. The molecule has 0 bridgehead atoms. The third-order valence-electron chi connectivity index (χ3n) is 2.95. The number of ether oxygens (including phenoxy) is 1. The van der Waals surface area contributed by atoms with Crippen LogP contribution in [0, 0.1) is 0 Å². The van der Waals surface area contributed by atoms with Gasteiger partial charge in [0.15, 0.2) is 5.96 Å².